The number of unbranched alkanes of at least 4 members (excludes halogenated alkanes) is 1. The van der Waals surface area contributed by atoms with E-state index >= 15 is 0 Å². The highest BCUT2D eigenvalue weighted by Crippen LogP contribution is 2.20. The maximum absolute atomic E-state index is 12.1. The summed E-state index contributed by atoms with van der Waals surface area (Å²) in [6, 6.07) is 11.8. The molecule has 2 rings (SSSR count). The minimum atomic E-state index is -0.554. The summed E-state index contributed by atoms with van der Waals surface area (Å²) in [5.41, 5.74) is 2.47. The molecular weight excluding hydrogens is 504 g/mol. The molecule has 0 unspecified atom stereocenters. The van der Waals surface area contributed by atoms with Gasteiger partial charge in [-0.2, -0.15) is 0 Å². The molecule has 0 radical (unpaired) electrons. The van der Waals surface area contributed by atoms with E-state index in [1.54, 1.807) is 36.4 Å². The van der Waals surface area contributed by atoms with Crippen molar-refractivity contribution in [2.45, 2.75) is 46.0 Å². The summed E-state index contributed by atoms with van der Waals surface area (Å²) in [7, 11) is 0. The number of hydrogen-bond donors (Lipinski definition) is 2. The molecule has 2 N–H and O–H groups in total. The van der Waals surface area contributed by atoms with Gasteiger partial charge in [0.05, 0.1) is 12.2 Å². The predicted octanol–water partition coefficient (Wildman–Crippen LogP) is 5.01. The Bertz CT molecular complexity index is 1010. The molecule has 2 aromatic rings. The molecule has 9 heteroatoms. The smallest absolute Gasteiger partial charge is 0.338 e. The summed E-state index contributed by atoms with van der Waals surface area (Å²) < 4.78 is 11.0. The van der Waals surface area contributed by atoms with Crippen molar-refractivity contribution in [2.24, 2.45) is 0 Å². The fourth-order valence-corrected chi connectivity index (χ4v) is 3.35. The molecule has 182 valence electrons. The standard InChI is InChI=1S/C25H29BrN2O6/c1-3-4-14-33-25(32)18-8-11-20(12-9-18)27-22(29)6-5-7-24(31)34-16-23(30)28-21-13-10-19(26)15-17(21)2/h8-13,15H,3-7,14,16H2,1-2H3,(H,27,29)(H,28,30). The number of ether oxygens (including phenoxy) is 2. The van der Waals surface area contributed by atoms with Crippen LogP contribution in [0.5, 0.6) is 0 Å². The Hall–Kier alpha value is -3.20. The number of carbonyl (C=O) groups excluding carboxylic acids is 4. The molecule has 2 amide bonds. The van der Waals surface area contributed by atoms with Crippen LogP contribution in [-0.4, -0.2) is 37.0 Å². The fraction of sp³-hybridized carbons (Fsp3) is 0.360. The van der Waals surface area contributed by atoms with Crippen molar-refractivity contribution in [1.29, 1.82) is 0 Å². The number of rotatable bonds is 12. The van der Waals surface area contributed by atoms with Crippen molar-refractivity contribution in [3.8, 4) is 0 Å². The first-order chi connectivity index (χ1) is 16.3. The van der Waals surface area contributed by atoms with Gasteiger partial charge in [-0.3, -0.25) is 14.4 Å². The maximum atomic E-state index is 12.1. The summed E-state index contributed by atoms with van der Waals surface area (Å²) in [5.74, 6) is -1.66. The predicted molar refractivity (Wildman–Crippen MR) is 133 cm³/mol. The number of benzene rings is 2. The molecule has 0 fully saturated rings. The van der Waals surface area contributed by atoms with Crippen LogP contribution >= 0.6 is 15.9 Å². The molecule has 0 aliphatic rings. The molecule has 0 saturated heterocycles. The number of nitrogens with one attached hydrogen (secondary N) is 2. The Morgan fingerprint density at radius 1 is 0.882 bits per heavy atom. The third-order valence-corrected chi connectivity index (χ3v) is 5.24. The highest BCUT2D eigenvalue weighted by atomic mass is 79.9. The zero-order valence-electron chi connectivity index (χ0n) is 19.3. The van der Waals surface area contributed by atoms with Crippen LogP contribution in [0, 0.1) is 6.92 Å². The van der Waals surface area contributed by atoms with Gasteiger partial charge >= 0.3 is 11.9 Å². The molecule has 0 aromatic heterocycles. The molecule has 0 spiro atoms. The van der Waals surface area contributed by atoms with E-state index in [-0.39, 0.29) is 25.2 Å². The van der Waals surface area contributed by atoms with Gasteiger partial charge in [0, 0.05) is 28.7 Å². The number of aryl methyl sites for hydroxylation is 1. The van der Waals surface area contributed by atoms with Crippen molar-refractivity contribution in [2.75, 3.05) is 23.8 Å². The average molecular weight is 533 g/mol. The van der Waals surface area contributed by atoms with Crippen molar-refractivity contribution >= 4 is 51.1 Å². The van der Waals surface area contributed by atoms with E-state index in [2.05, 4.69) is 26.6 Å². The SMILES string of the molecule is CCCCOC(=O)c1ccc(NC(=O)CCCC(=O)OCC(=O)Nc2ccc(Br)cc2C)cc1. The van der Waals surface area contributed by atoms with Crippen LogP contribution in [0.4, 0.5) is 11.4 Å². The number of hydrogen-bond acceptors (Lipinski definition) is 6. The summed E-state index contributed by atoms with van der Waals surface area (Å²) in [4.78, 5) is 47.8. The minimum absolute atomic E-state index is 0.0144. The summed E-state index contributed by atoms with van der Waals surface area (Å²) in [5, 5.41) is 5.40. The van der Waals surface area contributed by atoms with Crippen LogP contribution < -0.4 is 10.6 Å². The van der Waals surface area contributed by atoms with E-state index in [1.807, 2.05) is 19.9 Å². The first kappa shape index (κ1) is 27.0. The minimum Gasteiger partial charge on any atom is -0.462 e. The Balaban J connectivity index is 1.65. The Kier molecular flexibility index (Phi) is 11.3. The number of anilines is 2. The lowest BCUT2D eigenvalue weighted by molar-refractivity contribution is -0.147. The maximum Gasteiger partial charge on any atom is 0.338 e. The summed E-state index contributed by atoms with van der Waals surface area (Å²) >= 11 is 3.35. The molecule has 0 heterocycles. The second kappa shape index (κ2) is 14.1. The lowest BCUT2D eigenvalue weighted by Gasteiger charge is -2.09. The Morgan fingerprint density at radius 2 is 1.62 bits per heavy atom. The molecule has 0 aliphatic carbocycles. The topological polar surface area (TPSA) is 111 Å². The number of esters is 2. The first-order valence-corrected chi connectivity index (χ1v) is 11.9. The van der Waals surface area contributed by atoms with E-state index in [1.165, 1.54) is 0 Å². The molecule has 8 nitrogen and oxygen atoms in total. The van der Waals surface area contributed by atoms with E-state index in [4.69, 9.17) is 9.47 Å². The van der Waals surface area contributed by atoms with Crippen LogP contribution in [0.1, 0.15) is 54.9 Å². The van der Waals surface area contributed by atoms with Crippen LogP contribution in [0.25, 0.3) is 0 Å². The van der Waals surface area contributed by atoms with Gasteiger partial charge in [-0.1, -0.05) is 29.3 Å². The third-order valence-electron chi connectivity index (χ3n) is 4.75. The normalized spacial score (nSPS) is 10.3. The Morgan fingerprint density at radius 3 is 2.29 bits per heavy atom. The van der Waals surface area contributed by atoms with Crippen molar-refractivity contribution in [1.82, 2.24) is 0 Å². The van der Waals surface area contributed by atoms with Crippen molar-refractivity contribution in [3.63, 3.8) is 0 Å². The zero-order valence-corrected chi connectivity index (χ0v) is 20.9. The number of amides is 2. The largest absolute Gasteiger partial charge is 0.462 e. The van der Waals surface area contributed by atoms with Gasteiger partial charge in [-0.05, 0) is 67.8 Å². The van der Waals surface area contributed by atoms with E-state index in [0.29, 0.717) is 23.5 Å². The highest BCUT2D eigenvalue weighted by Gasteiger charge is 2.11. The lowest BCUT2D eigenvalue weighted by atomic mass is 10.2. The van der Waals surface area contributed by atoms with Crippen LogP contribution in [-0.2, 0) is 23.9 Å². The molecule has 34 heavy (non-hydrogen) atoms. The first-order valence-electron chi connectivity index (χ1n) is 11.1. The third kappa shape index (κ3) is 9.74. The number of halogens is 1. The second-order valence-electron chi connectivity index (χ2n) is 7.64. The van der Waals surface area contributed by atoms with Gasteiger partial charge in [0.1, 0.15) is 0 Å². The van der Waals surface area contributed by atoms with Gasteiger partial charge in [-0.15, -0.1) is 0 Å². The molecular formula is C25H29BrN2O6. The van der Waals surface area contributed by atoms with Crippen molar-refractivity contribution in [3.05, 3.63) is 58.1 Å². The van der Waals surface area contributed by atoms with E-state index in [0.717, 1.165) is 22.9 Å². The molecule has 0 saturated carbocycles. The van der Waals surface area contributed by atoms with Gasteiger partial charge in [0.15, 0.2) is 6.61 Å². The molecule has 0 aliphatic heterocycles. The van der Waals surface area contributed by atoms with Crippen molar-refractivity contribution < 1.29 is 28.7 Å². The molecule has 2 aromatic carbocycles. The van der Waals surface area contributed by atoms with E-state index < -0.39 is 24.5 Å². The van der Waals surface area contributed by atoms with Crippen LogP contribution in [0.15, 0.2) is 46.9 Å². The van der Waals surface area contributed by atoms with E-state index in [9.17, 15) is 19.2 Å². The number of carbonyl (C=O) groups is 4. The highest BCUT2D eigenvalue weighted by molar-refractivity contribution is 9.10. The summed E-state index contributed by atoms with van der Waals surface area (Å²) in [6.45, 7) is 3.86. The van der Waals surface area contributed by atoms with Crippen LogP contribution in [0.3, 0.4) is 0 Å². The van der Waals surface area contributed by atoms with Gasteiger partial charge in [0.25, 0.3) is 5.91 Å². The molecule has 0 bridgehead atoms. The van der Waals surface area contributed by atoms with Gasteiger partial charge in [0.2, 0.25) is 5.91 Å². The van der Waals surface area contributed by atoms with Gasteiger partial charge < -0.3 is 20.1 Å². The monoisotopic (exact) mass is 532 g/mol. The second-order valence-corrected chi connectivity index (χ2v) is 8.55. The zero-order chi connectivity index (χ0) is 24.9. The van der Waals surface area contributed by atoms with Crippen LogP contribution in [0.2, 0.25) is 0 Å². The molecule has 0 atom stereocenters. The Labute approximate surface area is 207 Å². The van der Waals surface area contributed by atoms with Gasteiger partial charge in [-0.25, -0.2) is 4.79 Å². The average Bonchev–Trinajstić information content (AvgIpc) is 2.80. The quantitative estimate of drug-likeness (QED) is 0.293. The fourth-order valence-electron chi connectivity index (χ4n) is 2.87. The lowest BCUT2D eigenvalue weighted by Crippen LogP contribution is -2.21. The summed E-state index contributed by atoms with van der Waals surface area (Å²) in [6.07, 6.45) is 2.16.